The maximum absolute atomic E-state index is 14.2. The second-order valence-electron chi connectivity index (χ2n) is 4.90. The van der Waals surface area contributed by atoms with E-state index in [-0.39, 0.29) is 15.2 Å². The van der Waals surface area contributed by atoms with Crippen molar-refractivity contribution in [2.75, 3.05) is 5.75 Å². The Morgan fingerprint density at radius 1 is 1.16 bits per heavy atom. The average Bonchev–Trinajstić information content (AvgIpc) is 2.51. The van der Waals surface area contributed by atoms with E-state index < -0.39 is 46.6 Å². The molecule has 1 aromatic carbocycles. The first kappa shape index (κ1) is 20.4. The van der Waals surface area contributed by atoms with Gasteiger partial charge in [-0.15, -0.1) is 11.8 Å². The zero-order chi connectivity index (χ0) is 18.8. The number of nitrogens with zero attached hydrogens (tertiary/aromatic N) is 1. The van der Waals surface area contributed by atoms with Gasteiger partial charge in [-0.25, -0.2) is 18.2 Å². The lowest BCUT2D eigenvalue weighted by Crippen LogP contribution is -2.11. The molecule has 25 heavy (non-hydrogen) atoms. The fourth-order valence-corrected chi connectivity index (χ4v) is 4.00. The van der Waals surface area contributed by atoms with Crippen LogP contribution in [-0.2, 0) is 0 Å². The quantitative estimate of drug-likeness (QED) is 0.278. The van der Waals surface area contributed by atoms with Gasteiger partial charge in [-0.2, -0.15) is 13.2 Å². The minimum Gasteiger partial charge on any atom is -0.248 e. The molecule has 0 radical (unpaired) electrons. The van der Waals surface area contributed by atoms with Crippen LogP contribution in [0.15, 0.2) is 29.0 Å². The van der Waals surface area contributed by atoms with Crippen LogP contribution in [0.4, 0.5) is 26.3 Å². The SMILES string of the molecule is Fc1ccc(F)c(C(SCCC(F)(F)F)c2cc(Br)ncc2Cl)c1F. The Morgan fingerprint density at radius 2 is 1.80 bits per heavy atom. The van der Waals surface area contributed by atoms with E-state index in [1.807, 2.05) is 0 Å². The first-order valence-corrected chi connectivity index (χ1v) is 8.95. The smallest absolute Gasteiger partial charge is 0.248 e. The molecule has 1 atom stereocenters. The van der Waals surface area contributed by atoms with Crippen LogP contribution in [0.3, 0.4) is 0 Å². The summed E-state index contributed by atoms with van der Waals surface area (Å²) in [5.41, 5.74) is -0.564. The van der Waals surface area contributed by atoms with Crippen LogP contribution in [0, 0.1) is 17.5 Å². The summed E-state index contributed by atoms with van der Waals surface area (Å²) in [6, 6.07) is 2.66. The van der Waals surface area contributed by atoms with Crippen LogP contribution in [0.1, 0.15) is 22.8 Å². The van der Waals surface area contributed by atoms with Gasteiger partial charge in [0.05, 0.1) is 16.7 Å². The summed E-state index contributed by atoms with van der Waals surface area (Å²) in [4.78, 5) is 3.83. The van der Waals surface area contributed by atoms with Gasteiger partial charge in [0.2, 0.25) is 0 Å². The van der Waals surface area contributed by atoms with E-state index in [1.165, 1.54) is 12.3 Å². The van der Waals surface area contributed by atoms with Crippen LogP contribution < -0.4 is 0 Å². The molecule has 1 nitrogen and oxygen atoms in total. The van der Waals surface area contributed by atoms with Crippen molar-refractivity contribution in [2.24, 2.45) is 0 Å². The van der Waals surface area contributed by atoms with Crippen LogP contribution in [0.2, 0.25) is 5.02 Å². The Balaban J connectivity index is 2.50. The number of thioether (sulfide) groups is 1. The molecule has 0 fully saturated rings. The highest BCUT2D eigenvalue weighted by Gasteiger charge is 2.30. The van der Waals surface area contributed by atoms with Gasteiger partial charge < -0.3 is 0 Å². The number of benzene rings is 1. The molecule has 0 saturated carbocycles. The molecule has 1 heterocycles. The molecular formula is C15H9BrClF6NS. The van der Waals surface area contributed by atoms with Crippen molar-refractivity contribution in [1.82, 2.24) is 4.98 Å². The molecule has 1 unspecified atom stereocenters. The van der Waals surface area contributed by atoms with Crippen LogP contribution >= 0.6 is 39.3 Å². The topological polar surface area (TPSA) is 12.9 Å². The molecule has 0 saturated heterocycles. The number of alkyl halides is 3. The Labute approximate surface area is 156 Å². The van der Waals surface area contributed by atoms with E-state index in [1.54, 1.807) is 0 Å². The fourth-order valence-electron chi connectivity index (χ4n) is 2.03. The summed E-state index contributed by atoms with van der Waals surface area (Å²) in [6.07, 6.45) is -4.41. The second kappa shape index (κ2) is 8.18. The fraction of sp³-hybridized carbons (Fsp3) is 0.267. The second-order valence-corrected chi connectivity index (χ2v) is 7.33. The zero-order valence-electron chi connectivity index (χ0n) is 12.2. The molecule has 2 rings (SSSR count). The molecule has 1 aromatic heterocycles. The van der Waals surface area contributed by atoms with Crippen molar-refractivity contribution < 1.29 is 26.3 Å². The molecule has 136 valence electrons. The normalized spacial score (nSPS) is 13.1. The molecule has 10 heteroatoms. The van der Waals surface area contributed by atoms with Crippen LogP contribution in [0.5, 0.6) is 0 Å². The van der Waals surface area contributed by atoms with Crippen molar-refractivity contribution >= 4 is 39.3 Å². The van der Waals surface area contributed by atoms with Gasteiger partial charge in [-0.3, -0.25) is 0 Å². The predicted molar refractivity (Wildman–Crippen MR) is 88.2 cm³/mol. The number of aromatic nitrogens is 1. The Kier molecular flexibility index (Phi) is 6.67. The summed E-state index contributed by atoms with van der Waals surface area (Å²) in [6.45, 7) is 0. The zero-order valence-corrected chi connectivity index (χ0v) is 15.3. The molecule has 0 N–H and O–H groups in total. The third-order valence-corrected chi connectivity index (χ3v) is 5.16. The monoisotopic (exact) mass is 463 g/mol. The third-order valence-electron chi connectivity index (χ3n) is 3.15. The molecule has 0 aliphatic carbocycles. The van der Waals surface area contributed by atoms with Gasteiger partial charge in [0.25, 0.3) is 0 Å². The Hall–Kier alpha value is -0.930. The molecule has 0 spiro atoms. The number of halogens is 8. The predicted octanol–water partition coefficient (Wildman–Crippen LogP) is 6.69. The number of pyridine rings is 1. The first-order valence-electron chi connectivity index (χ1n) is 6.73. The Bertz CT molecular complexity index is 770. The highest BCUT2D eigenvalue weighted by Crippen LogP contribution is 2.43. The van der Waals surface area contributed by atoms with Crippen LogP contribution in [-0.4, -0.2) is 16.9 Å². The maximum atomic E-state index is 14.2. The highest BCUT2D eigenvalue weighted by molar-refractivity contribution is 9.10. The minimum absolute atomic E-state index is 0.00392. The van der Waals surface area contributed by atoms with Crippen molar-refractivity contribution in [3.8, 4) is 0 Å². The Morgan fingerprint density at radius 3 is 2.44 bits per heavy atom. The van der Waals surface area contributed by atoms with E-state index in [4.69, 9.17) is 11.6 Å². The summed E-state index contributed by atoms with van der Waals surface area (Å²) in [5, 5.41) is -1.28. The molecule has 2 aromatic rings. The summed E-state index contributed by atoms with van der Waals surface area (Å²) in [5.74, 6) is -4.33. The van der Waals surface area contributed by atoms with Gasteiger partial charge >= 0.3 is 6.18 Å². The van der Waals surface area contributed by atoms with E-state index in [0.717, 1.165) is 6.07 Å². The van der Waals surface area contributed by atoms with Crippen molar-refractivity contribution in [3.05, 3.63) is 62.6 Å². The number of hydrogen-bond acceptors (Lipinski definition) is 2. The lowest BCUT2D eigenvalue weighted by atomic mass is 10.0. The van der Waals surface area contributed by atoms with Gasteiger partial charge in [0.15, 0.2) is 11.6 Å². The molecular weight excluding hydrogens is 456 g/mol. The number of rotatable bonds is 5. The molecule has 0 amide bonds. The van der Waals surface area contributed by atoms with E-state index in [2.05, 4.69) is 20.9 Å². The van der Waals surface area contributed by atoms with E-state index >= 15 is 0 Å². The van der Waals surface area contributed by atoms with E-state index in [9.17, 15) is 26.3 Å². The van der Waals surface area contributed by atoms with Gasteiger partial charge in [0.1, 0.15) is 10.4 Å². The largest absolute Gasteiger partial charge is 0.389 e. The van der Waals surface area contributed by atoms with E-state index in [0.29, 0.717) is 17.8 Å². The van der Waals surface area contributed by atoms with Gasteiger partial charge in [0, 0.05) is 17.5 Å². The summed E-state index contributed by atoms with van der Waals surface area (Å²) in [7, 11) is 0. The minimum atomic E-state index is -4.43. The molecule has 0 bridgehead atoms. The van der Waals surface area contributed by atoms with Crippen LogP contribution in [0.25, 0.3) is 0 Å². The highest BCUT2D eigenvalue weighted by atomic mass is 79.9. The van der Waals surface area contributed by atoms with Gasteiger partial charge in [-0.1, -0.05) is 11.6 Å². The molecule has 0 aliphatic heterocycles. The molecule has 0 aliphatic rings. The number of hydrogen-bond donors (Lipinski definition) is 0. The lowest BCUT2D eigenvalue weighted by molar-refractivity contribution is -0.129. The van der Waals surface area contributed by atoms with Gasteiger partial charge in [-0.05, 0) is 39.7 Å². The third kappa shape index (κ3) is 5.27. The summed E-state index contributed by atoms with van der Waals surface area (Å²) < 4.78 is 79.4. The van der Waals surface area contributed by atoms with Crippen molar-refractivity contribution in [3.63, 3.8) is 0 Å². The lowest BCUT2D eigenvalue weighted by Gasteiger charge is -2.21. The average molecular weight is 465 g/mol. The van der Waals surface area contributed by atoms with Crippen molar-refractivity contribution in [2.45, 2.75) is 17.8 Å². The summed E-state index contributed by atoms with van der Waals surface area (Å²) >= 11 is 9.68. The maximum Gasteiger partial charge on any atom is 0.389 e. The van der Waals surface area contributed by atoms with Crippen molar-refractivity contribution in [1.29, 1.82) is 0 Å². The standard InChI is InChI=1S/C15H9BrClF6NS/c16-11-5-7(8(17)6-24-11)14(25-4-3-15(21,22)23)12-9(18)1-2-10(19)13(12)20/h1-2,5-6,14H,3-4H2. The first-order chi connectivity index (χ1) is 11.6.